The summed E-state index contributed by atoms with van der Waals surface area (Å²) in [4.78, 5) is 21.4. The van der Waals surface area contributed by atoms with Crippen LogP contribution in [0.5, 0.6) is 0 Å². The number of rotatable bonds is 3. The Morgan fingerprint density at radius 3 is 2.74 bits per heavy atom. The number of hydrogen-bond donors (Lipinski definition) is 0. The molecule has 0 saturated carbocycles. The van der Waals surface area contributed by atoms with Crippen LogP contribution in [0, 0.1) is 13.8 Å². The molecule has 2 fully saturated rings. The Hall–Kier alpha value is -1.69. The van der Waals surface area contributed by atoms with Gasteiger partial charge in [-0.15, -0.1) is 0 Å². The molecule has 0 radical (unpaired) electrons. The van der Waals surface area contributed by atoms with Crippen LogP contribution >= 0.6 is 11.6 Å². The number of aryl methyl sites for hydroxylation is 2. The van der Waals surface area contributed by atoms with Gasteiger partial charge in [-0.25, -0.2) is 4.98 Å². The van der Waals surface area contributed by atoms with Crippen LogP contribution < -0.4 is 0 Å². The number of fused-ring (bicyclic) bond motifs is 1. The Morgan fingerprint density at radius 2 is 2.04 bits per heavy atom. The standard InChI is InChI=1S/C21H26ClN3O2/c1-14-5-6-16-12-17(20(22)23-19(16)15(14)2)13-24-7-9-25(10-8-24)21(26)18-4-3-11-27-18/h5-6,12,18H,3-4,7-11,13H2,1-2H3/t18-/m1/s1. The van der Waals surface area contributed by atoms with Gasteiger partial charge in [0.25, 0.3) is 5.91 Å². The van der Waals surface area contributed by atoms with E-state index in [-0.39, 0.29) is 12.0 Å². The molecule has 0 N–H and O–H groups in total. The third-order valence-electron chi connectivity index (χ3n) is 5.82. The van der Waals surface area contributed by atoms with Crippen molar-refractivity contribution in [2.45, 2.75) is 39.3 Å². The fourth-order valence-electron chi connectivity index (χ4n) is 3.96. The van der Waals surface area contributed by atoms with Gasteiger partial charge in [0.15, 0.2) is 0 Å². The minimum Gasteiger partial charge on any atom is -0.368 e. The van der Waals surface area contributed by atoms with Gasteiger partial charge < -0.3 is 9.64 Å². The highest BCUT2D eigenvalue weighted by Crippen LogP contribution is 2.26. The Morgan fingerprint density at radius 1 is 1.26 bits per heavy atom. The fourth-order valence-corrected chi connectivity index (χ4v) is 4.16. The number of pyridine rings is 1. The maximum absolute atomic E-state index is 12.5. The average Bonchev–Trinajstić information content (AvgIpc) is 3.21. The van der Waals surface area contributed by atoms with E-state index in [0.717, 1.165) is 62.0 Å². The molecule has 1 aromatic heterocycles. The van der Waals surface area contributed by atoms with Crippen LogP contribution in [0.25, 0.3) is 10.9 Å². The average molecular weight is 388 g/mol. The van der Waals surface area contributed by atoms with Gasteiger partial charge in [0.05, 0.1) is 5.52 Å². The number of amides is 1. The number of benzene rings is 1. The molecule has 6 heteroatoms. The van der Waals surface area contributed by atoms with Crippen LogP contribution in [0.4, 0.5) is 0 Å². The lowest BCUT2D eigenvalue weighted by Gasteiger charge is -2.35. The second-order valence-corrected chi connectivity index (χ2v) is 7.98. The third-order valence-corrected chi connectivity index (χ3v) is 6.15. The first-order valence-corrected chi connectivity index (χ1v) is 10.1. The summed E-state index contributed by atoms with van der Waals surface area (Å²) >= 11 is 6.49. The van der Waals surface area contributed by atoms with Crippen LogP contribution in [0.1, 0.15) is 29.5 Å². The van der Waals surface area contributed by atoms with Crippen LogP contribution in [0.15, 0.2) is 18.2 Å². The molecule has 2 saturated heterocycles. The number of piperazine rings is 1. The lowest BCUT2D eigenvalue weighted by atomic mass is 10.0. The van der Waals surface area contributed by atoms with Crippen molar-refractivity contribution in [1.29, 1.82) is 0 Å². The summed E-state index contributed by atoms with van der Waals surface area (Å²) in [5.41, 5.74) is 4.44. The minimum atomic E-state index is -0.220. The van der Waals surface area contributed by atoms with Crippen LogP contribution in [0.2, 0.25) is 5.15 Å². The number of ether oxygens (including phenoxy) is 1. The summed E-state index contributed by atoms with van der Waals surface area (Å²) in [6.07, 6.45) is 1.63. The molecule has 1 atom stereocenters. The number of halogens is 1. The molecule has 1 aromatic carbocycles. The van der Waals surface area contributed by atoms with Gasteiger partial charge in [-0.05, 0) is 43.9 Å². The molecule has 1 amide bonds. The summed E-state index contributed by atoms with van der Waals surface area (Å²) in [5, 5.41) is 1.71. The highest BCUT2D eigenvalue weighted by molar-refractivity contribution is 6.30. The molecule has 0 unspecified atom stereocenters. The highest BCUT2D eigenvalue weighted by atomic mass is 35.5. The van der Waals surface area contributed by atoms with Crippen molar-refractivity contribution in [2.75, 3.05) is 32.8 Å². The molecular weight excluding hydrogens is 362 g/mol. The molecule has 0 spiro atoms. The lowest BCUT2D eigenvalue weighted by molar-refractivity contribution is -0.142. The summed E-state index contributed by atoms with van der Waals surface area (Å²) in [6.45, 7) is 8.84. The van der Waals surface area contributed by atoms with Crippen LogP contribution in [-0.2, 0) is 16.1 Å². The third kappa shape index (κ3) is 3.82. The van der Waals surface area contributed by atoms with Crippen molar-refractivity contribution >= 4 is 28.4 Å². The molecular formula is C21H26ClN3O2. The van der Waals surface area contributed by atoms with E-state index in [2.05, 4.69) is 41.9 Å². The lowest BCUT2D eigenvalue weighted by Crippen LogP contribution is -2.51. The number of carbonyl (C=O) groups excluding carboxylic acids is 1. The predicted octanol–water partition coefficient (Wildman–Crippen LogP) is 3.33. The predicted molar refractivity (Wildman–Crippen MR) is 107 cm³/mol. The molecule has 0 aliphatic carbocycles. The van der Waals surface area contributed by atoms with Gasteiger partial charge in [0.1, 0.15) is 11.3 Å². The van der Waals surface area contributed by atoms with Crippen molar-refractivity contribution in [2.24, 2.45) is 0 Å². The largest absolute Gasteiger partial charge is 0.368 e. The van der Waals surface area contributed by atoms with E-state index >= 15 is 0 Å². The molecule has 27 heavy (non-hydrogen) atoms. The van der Waals surface area contributed by atoms with Gasteiger partial charge in [0, 0.05) is 50.3 Å². The molecule has 0 bridgehead atoms. The zero-order valence-electron chi connectivity index (χ0n) is 16.0. The van der Waals surface area contributed by atoms with E-state index in [0.29, 0.717) is 11.8 Å². The Labute approximate surface area is 165 Å². The zero-order valence-corrected chi connectivity index (χ0v) is 16.8. The summed E-state index contributed by atoms with van der Waals surface area (Å²) < 4.78 is 5.53. The van der Waals surface area contributed by atoms with Gasteiger partial charge in [0.2, 0.25) is 0 Å². The minimum absolute atomic E-state index is 0.156. The first-order chi connectivity index (χ1) is 13.0. The normalized spacial score (nSPS) is 21.1. The van der Waals surface area contributed by atoms with E-state index in [1.807, 2.05) is 4.90 Å². The summed E-state index contributed by atoms with van der Waals surface area (Å²) in [6, 6.07) is 6.40. The second kappa shape index (κ2) is 7.74. The molecule has 144 valence electrons. The van der Waals surface area contributed by atoms with Crippen LogP contribution in [-0.4, -0.2) is 59.6 Å². The van der Waals surface area contributed by atoms with Crippen molar-refractivity contribution in [3.63, 3.8) is 0 Å². The Bertz CT molecular complexity index is 856. The maximum Gasteiger partial charge on any atom is 0.251 e. The van der Waals surface area contributed by atoms with Gasteiger partial charge in [-0.3, -0.25) is 9.69 Å². The smallest absolute Gasteiger partial charge is 0.251 e. The van der Waals surface area contributed by atoms with Gasteiger partial charge in [-0.1, -0.05) is 23.7 Å². The van der Waals surface area contributed by atoms with E-state index in [9.17, 15) is 4.79 Å². The number of carbonyl (C=O) groups is 1. The molecule has 5 nitrogen and oxygen atoms in total. The number of hydrogen-bond acceptors (Lipinski definition) is 4. The fraction of sp³-hybridized carbons (Fsp3) is 0.524. The van der Waals surface area contributed by atoms with E-state index in [4.69, 9.17) is 16.3 Å². The molecule has 4 rings (SSSR count). The quantitative estimate of drug-likeness (QED) is 0.758. The van der Waals surface area contributed by atoms with Gasteiger partial charge >= 0.3 is 0 Å². The first-order valence-electron chi connectivity index (χ1n) is 9.71. The molecule has 2 aliphatic heterocycles. The van der Waals surface area contributed by atoms with Crippen LogP contribution in [0.3, 0.4) is 0 Å². The maximum atomic E-state index is 12.5. The van der Waals surface area contributed by atoms with Crippen molar-refractivity contribution in [1.82, 2.24) is 14.8 Å². The van der Waals surface area contributed by atoms with E-state index in [1.54, 1.807) is 0 Å². The number of nitrogens with zero attached hydrogens (tertiary/aromatic N) is 3. The Kier molecular flexibility index (Phi) is 5.35. The highest BCUT2D eigenvalue weighted by Gasteiger charge is 2.30. The van der Waals surface area contributed by atoms with Crippen molar-refractivity contribution < 1.29 is 9.53 Å². The first kappa shape index (κ1) is 18.7. The number of aromatic nitrogens is 1. The molecule has 3 heterocycles. The van der Waals surface area contributed by atoms with E-state index in [1.165, 1.54) is 11.1 Å². The topological polar surface area (TPSA) is 45.7 Å². The molecule has 2 aromatic rings. The Balaban J connectivity index is 1.42. The summed E-state index contributed by atoms with van der Waals surface area (Å²) in [5.74, 6) is 0.156. The molecule has 2 aliphatic rings. The van der Waals surface area contributed by atoms with Crippen molar-refractivity contribution in [3.8, 4) is 0 Å². The zero-order chi connectivity index (χ0) is 19.0. The van der Waals surface area contributed by atoms with Gasteiger partial charge in [-0.2, -0.15) is 0 Å². The SMILES string of the molecule is Cc1ccc2cc(CN3CCN(C(=O)[C@H]4CCCO4)CC3)c(Cl)nc2c1C. The summed E-state index contributed by atoms with van der Waals surface area (Å²) in [7, 11) is 0. The second-order valence-electron chi connectivity index (χ2n) is 7.62. The van der Waals surface area contributed by atoms with Crippen molar-refractivity contribution in [3.05, 3.63) is 40.0 Å². The monoisotopic (exact) mass is 387 g/mol. The van der Waals surface area contributed by atoms with E-state index < -0.39 is 0 Å².